The summed E-state index contributed by atoms with van der Waals surface area (Å²) in [6.07, 6.45) is 4.66. The minimum absolute atomic E-state index is 0.394. The Hall–Kier alpha value is -1.97. The zero-order valence-corrected chi connectivity index (χ0v) is 12.6. The standard InChI is InChI=1S/C16H22N4/c1-11(2)8-12(3)18-15-9-13(4)19-16(20-15)14-6-5-7-17-10-14/h5-7,9-12H,8H2,1-4H3,(H,18,19,20). The van der Waals surface area contributed by atoms with Gasteiger partial charge in [-0.1, -0.05) is 13.8 Å². The van der Waals surface area contributed by atoms with E-state index in [4.69, 9.17) is 0 Å². The highest BCUT2D eigenvalue weighted by Crippen LogP contribution is 2.18. The number of pyridine rings is 1. The van der Waals surface area contributed by atoms with Crippen LogP contribution in [0.25, 0.3) is 11.4 Å². The lowest BCUT2D eigenvalue weighted by molar-refractivity contribution is 0.539. The Labute approximate surface area is 120 Å². The fraction of sp³-hybridized carbons (Fsp3) is 0.438. The molecule has 1 atom stereocenters. The van der Waals surface area contributed by atoms with Crippen molar-refractivity contribution in [1.82, 2.24) is 15.0 Å². The molecule has 4 heteroatoms. The number of nitrogens with zero attached hydrogens (tertiary/aromatic N) is 3. The Morgan fingerprint density at radius 3 is 2.65 bits per heavy atom. The molecule has 0 saturated heterocycles. The SMILES string of the molecule is Cc1cc(NC(C)CC(C)C)nc(-c2cccnc2)n1. The zero-order chi connectivity index (χ0) is 14.5. The molecule has 4 nitrogen and oxygen atoms in total. The number of rotatable bonds is 5. The predicted octanol–water partition coefficient (Wildman–Crippen LogP) is 3.69. The smallest absolute Gasteiger partial charge is 0.163 e. The lowest BCUT2D eigenvalue weighted by Gasteiger charge is -2.17. The molecule has 2 heterocycles. The molecule has 0 amide bonds. The normalized spacial score (nSPS) is 12.4. The van der Waals surface area contributed by atoms with Gasteiger partial charge in [0.15, 0.2) is 5.82 Å². The van der Waals surface area contributed by atoms with Gasteiger partial charge in [0, 0.05) is 35.8 Å². The number of aromatic nitrogens is 3. The molecule has 0 aliphatic heterocycles. The van der Waals surface area contributed by atoms with Gasteiger partial charge in [-0.15, -0.1) is 0 Å². The molecule has 0 aliphatic carbocycles. The van der Waals surface area contributed by atoms with Gasteiger partial charge in [0.1, 0.15) is 5.82 Å². The minimum atomic E-state index is 0.394. The highest BCUT2D eigenvalue weighted by atomic mass is 15.0. The van der Waals surface area contributed by atoms with Crippen molar-refractivity contribution in [3.63, 3.8) is 0 Å². The van der Waals surface area contributed by atoms with Crippen molar-refractivity contribution in [2.45, 2.75) is 40.2 Å². The lowest BCUT2D eigenvalue weighted by atomic mass is 10.1. The number of aryl methyl sites for hydroxylation is 1. The predicted molar refractivity (Wildman–Crippen MR) is 82.5 cm³/mol. The van der Waals surface area contributed by atoms with Gasteiger partial charge in [-0.3, -0.25) is 4.98 Å². The van der Waals surface area contributed by atoms with E-state index in [9.17, 15) is 0 Å². The van der Waals surface area contributed by atoms with E-state index in [2.05, 4.69) is 41.0 Å². The molecule has 2 aromatic rings. The van der Waals surface area contributed by atoms with Crippen LogP contribution < -0.4 is 5.32 Å². The van der Waals surface area contributed by atoms with Gasteiger partial charge in [0.2, 0.25) is 0 Å². The van der Waals surface area contributed by atoms with E-state index in [0.717, 1.165) is 29.3 Å². The van der Waals surface area contributed by atoms with E-state index in [1.807, 2.05) is 25.1 Å². The van der Waals surface area contributed by atoms with Crippen LogP contribution in [0.2, 0.25) is 0 Å². The summed E-state index contributed by atoms with van der Waals surface area (Å²) in [6, 6.07) is 6.25. The van der Waals surface area contributed by atoms with Crippen LogP contribution in [0.5, 0.6) is 0 Å². The molecule has 0 aliphatic rings. The number of nitrogens with one attached hydrogen (secondary N) is 1. The van der Waals surface area contributed by atoms with Crippen LogP contribution in [-0.2, 0) is 0 Å². The molecule has 2 aromatic heterocycles. The first-order valence-electron chi connectivity index (χ1n) is 7.07. The number of hydrogen-bond donors (Lipinski definition) is 1. The molecule has 0 fully saturated rings. The summed E-state index contributed by atoms with van der Waals surface area (Å²) < 4.78 is 0. The fourth-order valence-corrected chi connectivity index (χ4v) is 2.29. The van der Waals surface area contributed by atoms with Crippen molar-refractivity contribution in [2.24, 2.45) is 5.92 Å². The molecule has 0 saturated carbocycles. The summed E-state index contributed by atoms with van der Waals surface area (Å²) in [7, 11) is 0. The molecular formula is C16H22N4. The van der Waals surface area contributed by atoms with Gasteiger partial charge < -0.3 is 5.32 Å². The first kappa shape index (κ1) is 14.4. The van der Waals surface area contributed by atoms with E-state index >= 15 is 0 Å². The number of anilines is 1. The quantitative estimate of drug-likeness (QED) is 0.900. The summed E-state index contributed by atoms with van der Waals surface area (Å²) in [6.45, 7) is 8.62. The molecule has 1 N–H and O–H groups in total. The molecule has 106 valence electrons. The molecule has 1 unspecified atom stereocenters. The van der Waals surface area contributed by atoms with Gasteiger partial charge in [0.25, 0.3) is 0 Å². The van der Waals surface area contributed by atoms with Crippen LogP contribution in [0.15, 0.2) is 30.6 Å². The molecule has 0 aromatic carbocycles. The highest BCUT2D eigenvalue weighted by molar-refractivity contribution is 5.56. The zero-order valence-electron chi connectivity index (χ0n) is 12.6. The van der Waals surface area contributed by atoms with E-state index in [-0.39, 0.29) is 0 Å². The third kappa shape index (κ3) is 4.02. The fourth-order valence-electron chi connectivity index (χ4n) is 2.29. The number of hydrogen-bond acceptors (Lipinski definition) is 4. The molecule has 20 heavy (non-hydrogen) atoms. The second-order valence-electron chi connectivity index (χ2n) is 5.63. The monoisotopic (exact) mass is 270 g/mol. The first-order chi connectivity index (χ1) is 9.54. The molecule has 0 bridgehead atoms. The van der Waals surface area contributed by atoms with E-state index in [1.54, 1.807) is 12.4 Å². The van der Waals surface area contributed by atoms with Crippen molar-refractivity contribution >= 4 is 5.82 Å². The average molecular weight is 270 g/mol. The maximum absolute atomic E-state index is 4.59. The van der Waals surface area contributed by atoms with Gasteiger partial charge >= 0.3 is 0 Å². The van der Waals surface area contributed by atoms with E-state index < -0.39 is 0 Å². The van der Waals surface area contributed by atoms with Gasteiger partial charge in [0.05, 0.1) is 0 Å². The van der Waals surface area contributed by atoms with Crippen molar-refractivity contribution in [1.29, 1.82) is 0 Å². The van der Waals surface area contributed by atoms with Crippen LogP contribution in [0.1, 0.15) is 32.9 Å². The molecule has 0 spiro atoms. The third-order valence-corrected chi connectivity index (χ3v) is 2.99. The Morgan fingerprint density at radius 2 is 2.00 bits per heavy atom. The molecular weight excluding hydrogens is 248 g/mol. The maximum Gasteiger partial charge on any atom is 0.163 e. The van der Waals surface area contributed by atoms with Crippen molar-refractivity contribution in [2.75, 3.05) is 5.32 Å². The summed E-state index contributed by atoms with van der Waals surface area (Å²) in [5.41, 5.74) is 1.90. The Kier molecular flexibility index (Phi) is 4.66. The Balaban J connectivity index is 2.21. The Bertz CT molecular complexity index is 552. The van der Waals surface area contributed by atoms with Gasteiger partial charge in [-0.05, 0) is 38.3 Å². The summed E-state index contributed by atoms with van der Waals surface area (Å²) in [5, 5.41) is 3.45. The highest BCUT2D eigenvalue weighted by Gasteiger charge is 2.09. The van der Waals surface area contributed by atoms with Gasteiger partial charge in [-0.2, -0.15) is 0 Å². The van der Waals surface area contributed by atoms with Crippen LogP contribution in [-0.4, -0.2) is 21.0 Å². The van der Waals surface area contributed by atoms with Crippen LogP contribution in [0.3, 0.4) is 0 Å². The van der Waals surface area contributed by atoms with E-state index in [1.165, 1.54) is 0 Å². The molecule has 2 rings (SSSR count). The lowest BCUT2D eigenvalue weighted by Crippen LogP contribution is -2.18. The maximum atomic E-state index is 4.59. The summed E-state index contributed by atoms with van der Waals surface area (Å²) in [4.78, 5) is 13.2. The minimum Gasteiger partial charge on any atom is -0.367 e. The van der Waals surface area contributed by atoms with Crippen LogP contribution in [0.4, 0.5) is 5.82 Å². The van der Waals surface area contributed by atoms with Crippen molar-refractivity contribution in [3.8, 4) is 11.4 Å². The Morgan fingerprint density at radius 1 is 1.20 bits per heavy atom. The van der Waals surface area contributed by atoms with Gasteiger partial charge in [-0.25, -0.2) is 9.97 Å². The van der Waals surface area contributed by atoms with Crippen LogP contribution in [0, 0.1) is 12.8 Å². The third-order valence-electron chi connectivity index (χ3n) is 2.99. The topological polar surface area (TPSA) is 50.7 Å². The second kappa shape index (κ2) is 6.46. The first-order valence-corrected chi connectivity index (χ1v) is 7.07. The average Bonchev–Trinajstić information content (AvgIpc) is 2.38. The van der Waals surface area contributed by atoms with Crippen LogP contribution >= 0.6 is 0 Å². The second-order valence-corrected chi connectivity index (χ2v) is 5.63. The van der Waals surface area contributed by atoms with Crippen molar-refractivity contribution < 1.29 is 0 Å². The summed E-state index contributed by atoms with van der Waals surface area (Å²) in [5.74, 6) is 2.26. The summed E-state index contributed by atoms with van der Waals surface area (Å²) >= 11 is 0. The van der Waals surface area contributed by atoms with Crippen molar-refractivity contribution in [3.05, 3.63) is 36.3 Å². The molecule has 0 radical (unpaired) electrons. The van der Waals surface area contributed by atoms with E-state index in [0.29, 0.717) is 12.0 Å². The largest absolute Gasteiger partial charge is 0.367 e.